The van der Waals surface area contributed by atoms with Crippen LogP contribution in [0, 0.1) is 5.82 Å². The highest BCUT2D eigenvalue weighted by Crippen LogP contribution is 2.12. The van der Waals surface area contributed by atoms with Crippen LogP contribution < -0.4 is 5.73 Å². The Morgan fingerprint density at radius 2 is 2.00 bits per heavy atom. The Balaban J connectivity index is 2.89. The van der Waals surface area contributed by atoms with E-state index in [9.17, 15) is 4.39 Å². The second-order valence-corrected chi connectivity index (χ2v) is 2.63. The van der Waals surface area contributed by atoms with E-state index in [1.165, 1.54) is 12.1 Å². The third-order valence-electron chi connectivity index (χ3n) is 1.72. The average molecular weight is 165 g/mol. The molecular formula is C10H12FN. The zero-order valence-corrected chi connectivity index (χ0v) is 7.05. The van der Waals surface area contributed by atoms with Gasteiger partial charge < -0.3 is 5.73 Å². The Labute approximate surface area is 71.7 Å². The maximum atomic E-state index is 12.5. The van der Waals surface area contributed by atoms with Gasteiger partial charge in [0.1, 0.15) is 5.82 Å². The molecule has 0 aliphatic carbocycles. The zero-order chi connectivity index (χ0) is 8.97. The van der Waals surface area contributed by atoms with Crippen molar-refractivity contribution in [3.8, 4) is 0 Å². The molecule has 0 unspecified atom stereocenters. The molecule has 0 bridgehead atoms. The molecule has 0 aliphatic rings. The van der Waals surface area contributed by atoms with Crippen molar-refractivity contribution in [3.05, 3.63) is 41.7 Å². The molecule has 0 atom stereocenters. The first-order valence-corrected chi connectivity index (χ1v) is 3.87. The summed E-state index contributed by atoms with van der Waals surface area (Å²) < 4.78 is 12.5. The summed E-state index contributed by atoms with van der Waals surface area (Å²) in [6.45, 7) is 2.48. The first-order chi connectivity index (χ1) is 5.74. The number of hydrogen-bond acceptors (Lipinski definition) is 1. The Kier molecular flexibility index (Phi) is 3.00. The molecule has 0 aromatic heterocycles. The van der Waals surface area contributed by atoms with E-state index >= 15 is 0 Å². The lowest BCUT2D eigenvalue weighted by atomic mass is 10.1. The number of rotatable bonds is 2. The van der Waals surface area contributed by atoms with Gasteiger partial charge in [-0.15, -0.1) is 0 Å². The van der Waals surface area contributed by atoms with Crippen LogP contribution in [0.3, 0.4) is 0 Å². The van der Waals surface area contributed by atoms with Gasteiger partial charge in [-0.25, -0.2) is 4.39 Å². The molecule has 0 saturated carbocycles. The molecule has 0 aliphatic heterocycles. The molecule has 2 N–H and O–H groups in total. The molecule has 0 radical (unpaired) electrons. The quantitative estimate of drug-likeness (QED) is 0.714. The highest BCUT2D eigenvalue weighted by Gasteiger charge is 1.94. The Morgan fingerprint density at radius 1 is 1.42 bits per heavy atom. The van der Waals surface area contributed by atoms with E-state index in [-0.39, 0.29) is 5.82 Å². The zero-order valence-electron chi connectivity index (χ0n) is 7.05. The van der Waals surface area contributed by atoms with Crippen LogP contribution in [-0.4, -0.2) is 6.54 Å². The van der Waals surface area contributed by atoms with Crippen LogP contribution >= 0.6 is 0 Å². The lowest BCUT2D eigenvalue weighted by Gasteiger charge is -1.99. The minimum absolute atomic E-state index is 0.209. The number of nitrogens with two attached hydrogens (primary N) is 1. The molecule has 1 aromatic carbocycles. The topological polar surface area (TPSA) is 26.0 Å². The van der Waals surface area contributed by atoms with Gasteiger partial charge in [0.05, 0.1) is 0 Å². The van der Waals surface area contributed by atoms with E-state index in [0.29, 0.717) is 6.54 Å². The van der Waals surface area contributed by atoms with Crippen molar-refractivity contribution in [2.45, 2.75) is 6.92 Å². The summed E-state index contributed by atoms with van der Waals surface area (Å²) in [6, 6.07) is 6.39. The molecular weight excluding hydrogens is 153 g/mol. The van der Waals surface area contributed by atoms with Crippen molar-refractivity contribution in [1.82, 2.24) is 0 Å². The van der Waals surface area contributed by atoms with E-state index < -0.39 is 0 Å². The molecule has 64 valence electrons. The Hall–Kier alpha value is -1.15. The average Bonchev–Trinajstić information content (AvgIpc) is 2.06. The maximum Gasteiger partial charge on any atom is 0.123 e. The second kappa shape index (κ2) is 4.02. The molecule has 1 nitrogen and oxygen atoms in total. The predicted molar refractivity (Wildman–Crippen MR) is 49.1 cm³/mol. The van der Waals surface area contributed by atoms with Crippen LogP contribution in [-0.2, 0) is 0 Å². The molecule has 1 aromatic rings. The molecule has 0 spiro atoms. The highest BCUT2D eigenvalue weighted by atomic mass is 19.1. The van der Waals surface area contributed by atoms with E-state index in [1.807, 2.05) is 13.0 Å². The second-order valence-electron chi connectivity index (χ2n) is 2.63. The van der Waals surface area contributed by atoms with Gasteiger partial charge in [0, 0.05) is 6.54 Å². The highest BCUT2D eigenvalue weighted by molar-refractivity contribution is 5.63. The molecule has 0 amide bonds. The van der Waals surface area contributed by atoms with Gasteiger partial charge in [-0.3, -0.25) is 0 Å². The summed E-state index contributed by atoms with van der Waals surface area (Å²) in [5, 5.41) is 0. The van der Waals surface area contributed by atoms with E-state index in [2.05, 4.69) is 0 Å². The molecule has 2 heteroatoms. The van der Waals surface area contributed by atoms with Crippen LogP contribution in [0.5, 0.6) is 0 Å². The van der Waals surface area contributed by atoms with E-state index in [1.54, 1.807) is 12.1 Å². The smallest absolute Gasteiger partial charge is 0.123 e. The monoisotopic (exact) mass is 165 g/mol. The third kappa shape index (κ3) is 2.17. The number of hydrogen-bond donors (Lipinski definition) is 1. The molecule has 1 rings (SSSR count). The van der Waals surface area contributed by atoms with E-state index in [0.717, 1.165) is 11.1 Å². The van der Waals surface area contributed by atoms with Crippen LogP contribution in [0.25, 0.3) is 5.57 Å². The van der Waals surface area contributed by atoms with Crippen molar-refractivity contribution in [1.29, 1.82) is 0 Å². The summed E-state index contributed by atoms with van der Waals surface area (Å²) in [7, 11) is 0. The van der Waals surface area contributed by atoms with Crippen molar-refractivity contribution < 1.29 is 4.39 Å². The molecule has 0 fully saturated rings. The molecule has 12 heavy (non-hydrogen) atoms. The summed E-state index contributed by atoms with van der Waals surface area (Å²) >= 11 is 0. The summed E-state index contributed by atoms with van der Waals surface area (Å²) in [4.78, 5) is 0. The van der Waals surface area contributed by atoms with E-state index in [4.69, 9.17) is 5.73 Å². The minimum atomic E-state index is -0.209. The van der Waals surface area contributed by atoms with Gasteiger partial charge >= 0.3 is 0 Å². The van der Waals surface area contributed by atoms with Crippen LogP contribution in [0.15, 0.2) is 30.3 Å². The standard InChI is InChI=1S/C10H12FN/c1-8(6-7-12)9-2-4-10(11)5-3-9/h2-6H,7,12H2,1H3. The summed E-state index contributed by atoms with van der Waals surface area (Å²) in [6.07, 6.45) is 1.91. The minimum Gasteiger partial charge on any atom is -0.327 e. The first kappa shape index (κ1) is 8.94. The van der Waals surface area contributed by atoms with Crippen LogP contribution in [0.4, 0.5) is 4.39 Å². The van der Waals surface area contributed by atoms with Gasteiger partial charge in [0.15, 0.2) is 0 Å². The van der Waals surface area contributed by atoms with Gasteiger partial charge in [-0.2, -0.15) is 0 Å². The van der Waals surface area contributed by atoms with Gasteiger partial charge in [0.25, 0.3) is 0 Å². The predicted octanol–water partition coefficient (Wildman–Crippen LogP) is 2.19. The SMILES string of the molecule is CC(=CCN)c1ccc(F)cc1. The third-order valence-corrected chi connectivity index (χ3v) is 1.72. The lowest BCUT2D eigenvalue weighted by molar-refractivity contribution is 0.627. The normalized spacial score (nSPS) is 11.8. The van der Waals surface area contributed by atoms with Gasteiger partial charge in [-0.1, -0.05) is 18.2 Å². The number of benzene rings is 1. The lowest BCUT2D eigenvalue weighted by Crippen LogP contribution is -1.94. The van der Waals surface area contributed by atoms with Crippen molar-refractivity contribution in [2.24, 2.45) is 5.73 Å². The largest absolute Gasteiger partial charge is 0.327 e. The molecule has 0 saturated heterocycles. The van der Waals surface area contributed by atoms with Gasteiger partial charge in [0.2, 0.25) is 0 Å². The van der Waals surface area contributed by atoms with Gasteiger partial charge in [-0.05, 0) is 30.2 Å². The van der Waals surface area contributed by atoms with Crippen molar-refractivity contribution >= 4 is 5.57 Å². The maximum absolute atomic E-state index is 12.5. The fraction of sp³-hybridized carbons (Fsp3) is 0.200. The van der Waals surface area contributed by atoms with Crippen molar-refractivity contribution in [2.75, 3.05) is 6.54 Å². The number of halogens is 1. The van der Waals surface area contributed by atoms with Crippen LogP contribution in [0.1, 0.15) is 12.5 Å². The first-order valence-electron chi connectivity index (χ1n) is 3.87. The fourth-order valence-corrected chi connectivity index (χ4v) is 1.01. The Bertz CT molecular complexity index is 274. The Morgan fingerprint density at radius 3 is 2.50 bits per heavy atom. The fourth-order valence-electron chi connectivity index (χ4n) is 1.01. The summed E-state index contributed by atoms with van der Waals surface area (Å²) in [5.41, 5.74) is 7.44. The molecule has 0 heterocycles. The number of allylic oxidation sites excluding steroid dienone is 1. The summed E-state index contributed by atoms with van der Waals surface area (Å²) in [5.74, 6) is -0.209. The van der Waals surface area contributed by atoms with Crippen molar-refractivity contribution in [3.63, 3.8) is 0 Å². The van der Waals surface area contributed by atoms with Crippen LogP contribution in [0.2, 0.25) is 0 Å².